The van der Waals surface area contributed by atoms with Gasteiger partial charge in [-0.05, 0) is 56.3 Å². The molecular weight excluding hydrogens is 453 g/mol. The van der Waals surface area contributed by atoms with Gasteiger partial charge in [0.05, 0.1) is 22.5 Å². The van der Waals surface area contributed by atoms with Crippen molar-refractivity contribution in [2.75, 3.05) is 11.1 Å². The van der Waals surface area contributed by atoms with Crippen molar-refractivity contribution in [3.05, 3.63) is 81.8 Å². The first-order valence-corrected chi connectivity index (χ1v) is 10.9. The van der Waals surface area contributed by atoms with E-state index in [2.05, 4.69) is 15.3 Å². The molecule has 4 aromatic rings. The van der Waals surface area contributed by atoms with Gasteiger partial charge in [0.1, 0.15) is 5.52 Å². The second-order valence-electron chi connectivity index (χ2n) is 7.50. The average molecular weight is 472 g/mol. The lowest BCUT2D eigenvalue weighted by Crippen LogP contribution is -2.23. The molecule has 6 nitrogen and oxygen atoms in total. The van der Waals surface area contributed by atoms with E-state index in [-0.39, 0.29) is 17.0 Å². The van der Waals surface area contributed by atoms with Gasteiger partial charge in [0.2, 0.25) is 5.91 Å². The molecule has 1 amide bonds. The number of nitrogens with zero attached hydrogens (tertiary/aromatic N) is 2. The van der Waals surface area contributed by atoms with E-state index in [0.717, 1.165) is 35.2 Å². The van der Waals surface area contributed by atoms with Crippen molar-refractivity contribution >= 4 is 34.4 Å². The number of carbonyl (C=O) groups is 1. The quantitative estimate of drug-likeness (QED) is 0.314. The van der Waals surface area contributed by atoms with Crippen LogP contribution >= 0.6 is 11.8 Å². The predicted molar refractivity (Wildman–Crippen MR) is 122 cm³/mol. The summed E-state index contributed by atoms with van der Waals surface area (Å²) in [6, 6.07) is 13.3. The van der Waals surface area contributed by atoms with E-state index < -0.39 is 17.6 Å². The molecule has 0 aliphatic carbocycles. The molecule has 2 N–H and O–H groups in total. The van der Waals surface area contributed by atoms with Crippen LogP contribution in [0.25, 0.3) is 16.7 Å². The maximum absolute atomic E-state index is 13.2. The number of hydrogen-bond acceptors (Lipinski definition) is 4. The van der Waals surface area contributed by atoms with E-state index in [0.29, 0.717) is 21.9 Å². The van der Waals surface area contributed by atoms with E-state index in [1.54, 1.807) is 18.2 Å². The Hall–Kier alpha value is -3.53. The summed E-state index contributed by atoms with van der Waals surface area (Å²) in [6.45, 7) is 3.76. The molecule has 2 aromatic carbocycles. The van der Waals surface area contributed by atoms with Crippen LogP contribution in [0.1, 0.15) is 16.8 Å². The molecule has 0 radical (unpaired) electrons. The van der Waals surface area contributed by atoms with Crippen LogP contribution in [0.4, 0.5) is 18.9 Å². The van der Waals surface area contributed by atoms with Crippen LogP contribution in [0, 0.1) is 13.8 Å². The zero-order valence-corrected chi connectivity index (χ0v) is 18.5. The summed E-state index contributed by atoms with van der Waals surface area (Å²) >= 11 is 1.07. The minimum Gasteiger partial charge on any atom is -0.353 e. The molecule has 0 atom stereocenters. The van der Waals surface area contributed by atoms with Crippen LogP contribution < -0.4 is 10.9 Å². The smallest absolute Gasteiger partial charge is 0.353 e. The van der Waals surface area contributed by atoms with Crippen molar-refractivity contribution in [2.45, 2.75) is 25.2 Å². The van der Waals surface area contributed by atoms with Crippen molar-refractivity contribution in [3.8, 4) is 5.69 Å². The fourth-order valence-corrected chi connectivity index (χ4v) is 4.08. The molecule has 0 saturated carbocycles. The van der Waals surface area contributed by atoms with E-state index in [1.807, 2.05) is 26.0 Å². The highest BCUT2D eigenvalue weighted by Crippen LogP contribution is 2.30. The third-order valence-corrected chi connectivity index (χ3v) is 5.81. The summed E-state index contributed by atoms with van der Waals surface area (Å²) in [5.41, 5.74) is 2.44. The first-order chi connectivity index (χ1) is 15.6. The van der Waals surface area contributed by atoms with Gasteiger partial charge in [-0.2, -0.15) is 13.2 Å². The number of carbonyl (C=O) groups excluding carboxylic acids is 1. The molecule has 0 spiro atoms. The van der Waals surface area contributed by atoms with E-state index in [1.165, 1.54) is 16.7 Å². The Morgan fingerprint density at radius 1 is 1.09 bits per heavy atom. The third kappa shape index (κ3) is 4.95. The maximum atomic E-state index is 13.2. The van der Waals surface area contributed by atoms with E-state index in [9.17, 15) is 22.8 Å². The number of fused-ring (bicyclic) bond motifs is 1. The molecule has 0 fully saturated rings. The van der Waals surface area contributed by atoms with Gasteiger partial charge in [-0.25, -0.2) is 4.98 Å². The number of halogens is 3. The highest BCUT2D eigenvalue weighted by atomic mass is 32.2. The Bertz CT molecular complexity index is 1370. The summed E-state index contributed by atoms with van der Waals surface area (Å²) in [5, 5.41) is 2.90. The first-order valence-electron chi connectivity index (χ1n) is 9.91. The molecule has 170 valence electrons. The van der Waals surface area contributed by atoms with Gasteiger partial charge >= 0.3 is 6.18 Å². The van der Waals surface area contributed by atoms with Gasteiger partial charge in [-0.1, -0.05) is 29.5 Å². The number of aromatic nitrogens is 3. The minimum atomic E-state index is -4.45. The molecule has 10 heteroatoms. The normalized spacial score (nSPS) is 11.7. The molecule has 0 aliphatic rings. The molecule has 2 aromatic heterocycles. The Kier molecular flexibility index (Phi) is 6.03. The zero-order valence-electron chi connectivity index (χ0n) is 17.7. The predicted octanol–water partition coefficient (Wildman–Crippen LogP) is 5.08. The largest absolute Gasteiger partial charge is 0.416 e. The van der Waals surface area contributed by atoms with Gasteiger partial charge in [0, 0.05) is 11.4 Å². The number of amides is 1. The Balaban J connectivity index is 1.59. The van der Waals surface area contributed by atoms with Crippen LogP contribution in [0.15, 0.2) is 64.5 Å². The summed E-state index contributed by atoms with van der Waals surface area (Å²) < 4.78 is 39.6. The molecule has 0 unspecified atom stereocenters. The number of aromatic amines is 1. The molecule has 33 heavy (non-hydrogen) atoms. The summed E-state index contributed by atoms with van der Waals surface area (Å²) in [4.78, 5) is 33.2. The number of hydrogen-bond donors (Lipinski definition) is 2. The lowest BCUT2D eigenvalue weighted by Gasteiger charge is -2.12. The van der Waals surface area contributed by atoms with Crippen molar-refractivity contribution < 1.29 is 18.0 Å². The second kappa shape index (κ2) is 8.78. The van der Waals surface area contributed by atoms with Crippen molar-refractivity contribution in [1.82, 2.24) is 14.5 Å². The Morgan fingerprint density at radius 2 is 1.76 bits per heavy atom. The molecular formula is C23H19F3N4O2S. The number of alkyl halides is 3. The standard InChI is InChI=1S/C23H19F3N4O2S/c1-13-3-9-17(10-4-13)30-21(32)20-18(11-14(2)27-20)29-22(30)33-12-19(31)28-16-7-5-15(6-8-16)23(24,25)26/h3-11,27H,12H2,1-2H3,(H,28,31). The number of H-pyrrole nitrogens is 1. The third-order valence-electron chi connectivity index (χ3n) is 4.88. The monoisotopic (exact) mass is 472 g/mol. The number of nitrogens with one attached hydrogen (secondary N) is 2. The highest BCUT2D eigenvalue weighted by molar-refractivity contribution is 7.99. The SMILES string of the molecule is Cc1ccc(-n2c(SCC(=O)Nc3ccc(C(F)(F)F)cc3)nc3cc(C)[nH]c3c2=O)cc1. The van der Waals surface area contributed by atoms with Crippen LogP contribution in [0.2, 0.25) is 0 Å². The highest BCUT2D eigenvalue weighted by Gasteiger charge is 2.30. The Morgan fingerprint density at radius 3 is 2.39 bits per heavy atom. The van der Waals surface area contributed by atoms with Crippen molar-refractivity contribution in [1.29, 1.82) is 0 Å². The summed E-state index contributed by atoms with van der Waals surface area (Å²) in [5.74, 6) is -0.524. The van der Waals surface area contributed by atoms with Crippen molar-refractivity contribution in [3.63, 3.8) is 0 Å². The molecule has 0 aliphatic heterocycles. The van der Waals surface area contributed by atoms with Gasteiger partial charge in [0.25, 0.3) is 5.56 Å². The zero-order chi connectivity index (χ0) is 23.8. The summed E-state index contributed by atoms with van der Waals surface area (Å²) in [6.07, 6.45) is -4.45. The van der Waals surface area contributed by atoms with Gasteiger partial charge < -0.3 is 10.3 Å². The number of rotatable bonds is 5. The second-order valence-corrected chi connectivity index (χ2v) is 8.44. The lowest BCUT2D eigenvalue weighted by atomic mass is 10.2. The van der Waals surface area contributed by atoms with Crippen LogP contribution in [-0.2, 0) is 11.0 Å². The molecule has 0 bridgehead atoms. The van der Waals surface area contributed by atoms with Crippen LogP contribution in [0.3, 0.4) is 0 Å². The molecule has 4 rings (SSSR count). The number of thioether (sulfide) groups is 1. The number of anilines is 1. The first kappa shape index (κ1) is 22.7. The fraction of sp³-hybridized carbons (Fsp3) is 0.174. The van der Waals surface area contributed by atoms with Crippen molar-refractivity contribution in [2.24, 2.45) is 0 Å². The number of benzene rings is 2. The maximum Gasteiger partial charge on any atom is 0.416 e. The topological polar surface area (TPSA) is 79.8 Å². The van der Waals surface area contributed by atoms with E-state index >= 15 is 0 Å². The molecule has 0 saturated heterocycles. The minimum absolute atomic E-state index is 0.0891. The van der Waals surface area contributed by atoms with Crippen LogP contribution in [0.5, 0.6) is 0 Å². The average Bonchev–Trinajstić information content (AvgIpc) is 3.14. The number of aryl methyl sites for hydroxylation is 2. The van der Waals surface area contributed by atoms with Gasteiger partial charge in [-0.15, -0.1) is 0 Å². The van der Waals surface area contributed by atoms with Gasteiger partial charge in [-0.3, -0.25) is 14.2 Å². The Labute approximate surface area is 190 Å². The van der Waals surface area contributed by atoms with E-state index in [4.69, 9.17) is 0 Å². The fourth-order valence-electron chi connectivity index (χ4n) is 3.27. The van der Waals surface area contributed by atoms with Gasteiger partial charge in [0.15, 0.2) is 5.16 Å². The summed E-state index contributed by atoms with van der Waals surface area (Å²) in [7, 11) is 0. The lowest BCUT2D eigenvalue weighted by molar-refractivity contribution is -0.137. The molecule has 2 heterocycles. The van der Waals surface area contributed by atoms with Crippen LogP contribution in [-0.4, -0.2) is 26.2 Å².